The van der Waals surface area contributed by atoms with Gasteiger partial charge in [0.25, 0.3) is 0 Å². The summed E-state index contributed by atoms with van der Waals surface area (Å²) in [6.45, 7) is 7.62. The third kappa shape index (κ3) is 3.77. The van der Waals surface area contributed by atoms with Crippen LogP contribution in [0.2, 0.25) is 0 Å². The number of rotatable bonds is 4. The van der Waals surface area contributed by atoms with Crippen molar-refractivity contribution in [3.8, 4) is 17.0 Å². The predicted molar refractivity (Wildman–Crippen MR) is 113 cm³/mol. The number of aromatic nitrogens is 2. The molecule has 2 aliphatic rings. The number of aromatic hydroxyl groups is 1. The molecule has 2 aromatic rings. The lowest BCUT2D eigenvalue weighted by Crippen LogP contribution is -2.56. The van der Waals surface area contributed by atoms with Crippen LogP contribution < -0.4 is 15.5 Å². The standard InChI is InChI=1S/C21H30N6O/c1-15-14-26(16-7-9-23-10-8-16)11-12-27(15)19-13-18(24-25-21(19)22-2)17-5-3-4-6-20(17)28/h3-6,13,15-16,23,28H,7-12,14H2,1-2H3,(H,22,25)/t15-/m0/s1. The second kappa shape index (κ2) is 8.32. The average Bonchev–Trinajstić information content (AvgIpc) is 2.74. The smallest absolute Gasteiger partial charge is 0.172 e. The molecule has 3 N–H and O–H groups in total. The molecule has 0 amide bonds. The number of piperidine rings is 1. The molecule has 0 saturated carbocycles. The third-order valence-corrected chi connectivity index (χ3v) is 5.98. The van der Waals surface area contributed by atoms with E-state index in [0.29, 0.717) is 23.3 Å². The van der Waals surface area contributed by atoms with E-state index in [-0.39, 0.29) is 5.75 Å². The van der Waals surface area contributed by atoms with E-state index in [0.717, 1.165) is 44.2 Å². The van der Waals surface area contributed by atoms with Gasteiger partial charge < -0.3 is 20.6 Å². The molecule has 0 unspecified atom stereocenters. The Morgan fingerprint density at radius 2 is 1.93 bits per heavy atom. The summed E-state index contributed by atoms with van der Waals surface area (Å²) in [6.07, 6.45) is 2.48. The summed E-state index contributed by atoms with van der Waals surface area (Å²) in [7, 11) is 1.88. The molecule has 7 nitrogen and oxygen atoms in total. The second-order valence-electron chi connectivity index (χ2n) is 7.75. The number of para-hydroxylation sites is 1. The van der Waals surface area contributed by atoms with Gasteiger partial charge in [-0.05, 0) is 51.1 Å². The Bertz CT molecular complexity index is 807. The highest BCUT2D eigenvalue weighted by molar-refractivity contribution is 5.75. The molecule has 2 aliphatic heterocycles. The number of phenolic OH excluding ortho intramolecular Hbond substituents is 1. The number of phenols is 1. The van der Waals surface area contributed by atoms with Crippen LogP contribution in [0.15, 0.2) is 30.3 Å². The molecule has 0 bridgehead atoms. The molecule has 2 fully saturated rings. The van der Waals surface area contributed by atoms with E-state index in [2.05, 4.69) is 37.6 Å². The Morgan fingerprint density at radius 3 is 2.64 bits per heavy atom. The van der Waals surface area contributed by atoms with Crippen molar-refractivity contribution < 1.29 is 5.11 Å². The van der Waals surface area contributed by atoms with E-state index in [1.54, 1.807) is 6.07 Å². The number of hydrogen-bond donors (Lipinski definition) is 3. The minimum Gasteiger partial charge on any atom is -0.507 e. The average molecular weight is 383 g/mol. The van der Waals surface area contributed by atoms with Gasteiger partial charge >= 0.3 is 0 Å². The minimum absolute atomic E-state index is 0.226. The minimum atomic E-state index is 0.226. The molecule has 1 atom stereocenters. The Balaban J connectivity index is 1.58. The van der Waals surface area contributed by atoms with Crippen molar-refractivity contribution in [2.24, 2.45) is 0 Å². The number of benzene rings is 1. The zero-order valence-corrected chi connectivity index (χ0v) is 16.7. The second-order valence-corrected chi connectivity index (χ2v) is 7.75. The topological polar surface area (TPSA) is 76.6 Å². The quantitative estimate of drug-likeness (QED) is 0.748. The van der Waals surface area contributed by atoms with Crippen LogP contribution in [0.1, 0.15) is 19.8 Å². The highest BCUT2D eigenvalue weighted by Gasteiger charge is 2.30. The third-order valence-electron chi connectivity index (χ3n) is 5.98. The largest absolute Gasteiger partial charge is 0.507 e. The SMILES string of the molecule is CNc1nnc(-c2ccccc2O)cc1N1CCN(C2CCNCC2)C[C@@H]1C. The summed E-state index contributed by atoms with van der Waals surface area (Å²) in [4.78, 5) is 5.07. The summed E-state index contributed by atoms with van der Waals surface area (Å²) in [5.41, 5.74) is 2.45. The van der Waals surface area contributed by atoms with E-state index in [9.17, 15) is 5.11 Å². The molecule has 4 rings (SSSR count). The Labute approximate surface area is 166 Å². The van der Waals surface area contributed by atoms with E-state index in [4.69, 9.17) is 0 Å². The highest BCUT2D eigenvalue weighted by atomic mass is 16.3. The van der Waals surface area contributed by atoms with Gasteiger partial charge in [-0.25, -0.2) is 0 Å². The van der Waals surface area contributed by atoms with Crippen LogP contribution in [0.25, 0.3) is 11.3 Å². The Hall–Kier alpha value is -2.38. The van der Waals surface area contributed by atoms with Crippen LogP contribution in [-0.2, 0) is 0 Å². The van der Waals surface area contributed by atoms with Crippen molar-refractivity contribution in [1.29, 1.82) is 0 Å². The molecule has 3 heterocycles. The summed E-state index contributed by atoms with van der Waals surface area (Å²) in [5.74, 6) is 1.00. The first kappa shape index (κ1) is 19.0. The predicted octanol–water partition coefficient (Wildman–Crippen LogP) is 2.15. The van der Waals surface area contributed by atoms with Gasteiger partial charge in [-0.1, -0.05) is 12.1 Å². The molecule has 0 aliphatic carbocycles. The van der Waals surface area contributed by atoms with Crippen molar-refractivity contribution in [2.45, 2.75) is 31.8 Å². The number of nitrogens with one attached hydrogen (secondary N) is 2. The lowest BCUT2D eigenvalue weighted by molar-refractivity contribution is 0.137. The molecule has 0 radical (unpaired) electrons. The summed E-state index contributed by atoms with van der Waals surface area (Å²) < 4.78 is 0. The summed E-state index contributed by atoms with van der Waals surface area (Å²) in [5, 5.41) is 25.6. The van der Waals surface area contributed by atoms with Crippen LogP contribution in [-0.4, -0.2) is 72.1 Å². The van der Waals surface area contributed by atoms with Crippen molar-refractivity contribution in [3.63, 3.8) is 0 Å². The van der Waals surface area contributed by atoms with Crippen LogP contribution >= 0.6 is 0 Å². The molecule has 7 heteroatoms. The van der Waals surface area contributed by atoms with Crippen molar-refractivity contribution >= 4 is 11.5 Å². The fourth-order valence-electron chi connectivity index (χ4n) is 4.45. The number of hydrogen-bond acceptors (Lipinski definition) is 7. The molecule has 28 heavy (non-hydrogen) atoms. The molecule has 0 spiro atoms. The van der Waals surface area contributed by atoms with Gasteiger partial charge in [0.2, 0.25) is 0 Å². The van der Waals surface area contributed by atoms with E-state index in [1.165, 1.54) is 12.8 Å². The number of piperazine rings is 1. The van der Waals surface area contributed by atoms with E-state index < -0.39 is 0 Å². The lowest BCUT2D eigenvalue weighted by Gasteiger charge is -2.45. The first-order valence-corrected chi connectivity index (χ1v) is 10.2. The highest BCUT2D eigenvalue weighted by Crippen LogP contribution is 2.34. The van der Waals surface area contributed by atoms with Gasteiger partial charge in [-0.3, -0.25) is 4.90 Å². The maximum absolute atomic E-state index is 10.2. The van der Waals surface area contributed by atoms with Crippen molar-refractivity contribution in [3.05, 3.63) is 30.3 Å². The summed E-state index contributed by atoms with van der Waals surface area (Å²) in [6, 6.07) is 10.4. The fraction of sp³-hybridized carbons (Fsp3) is 0.524. The normalized spacial score (nSPS) is 21.6. The molecule has 1 aromatic heterocycles. The first-order valence-electron chi connectivity index (χ1n) is 10.2. The van der Waals surface area contributed by atoms with Gasteiger partial charge in [-0.2, -0.15) is 0 Å². The number of nitrogens with zero attached hydrogens (tertiary/aromatic N) is 4. The maximum atomic E-state index is 10.2. The zero-order chi connectivity index (χ0) is 19.5. The fourth-order valence-corrected chi connectivity index (χ4v) is 4.45. The Morgan fingerprint density at radius 1 is 1.14 bits per heavy atom. The van der Waals surface area contributed by atoms with E-state index >= 15 is 0 Å². The van der Waals surface area contributed by atoms with Gasteiger partial charge in [0, 0.05) is 44.3 Å². The Kier molecular flexibility index (Phi) is 5.64. The molecular formula is C21H30N6O. The van der Waals surface area contributed by atoms with E-state index in [1.807, 2.05) is 31.3 Å². The van der Waals surface area contributed by atoms with Crippen LogP contribution in [0.3, 0.4) is 0 Å². The molecular weight excluding hydrogens is 352 g/mol. The molecule has 1 aromatic carbocycles. The number of anilines is 2. The van der Waals surface area contributed by atoms with Gasteiger partial charge in [-0.15, -0.1) is 10.2 Å². The zero-order valence-electron chi connectivity index (χ0n) is 16.7. The first-order chi connectivity index (χ1) is 13.7. The van der Waals surface area contributed by atoms with Gasteiger partial charge in [0.05, 0.1) is 11.4 Å². The molecule has 150 valence electrons. The van der Waals surface area contributed by atoms with Gasteiger partial charge in [0.1, 0.15) is 5.75 Å². The maximum Gasteiger partial charge on any atom is 0.172 e. The van der Waals surface area contributed by atoms with Gasteiger partial charge in [0.15, 0.2) is 5.82 Å². The van der Waals surface area contributed by atoms with Crippen LogP contribution in [0.4, 0.5) is 11.5 Å². The monoisotopic (exact) mass is 382 g/mol. The summed E-state index contributed by atoms with van der Waals surface area (Å²) >= 11 is 0. The van der Waals surface area contributed by atoms with Crippen molar-refractivity contribution in [2.75, 3.05) is 50.0 Å². The van der Waals surface area contributed by atoms with Crippen molar-refractivity contribution in [1.82, 2.24) is 20.4 Å². The lowest BCUT2D eigenvalue weighted by atomic mass is 10.0. The van der Waals surface area contributed by atoms with Crippen LogP contribution in [0.5, 0.6) is 5.75 Å². The molecule has 2 saturated heterocycles. The van der Waals surface area contributed by atoms with Crippen LogP contribution in [0, 0.1) is 0 Å².